The van der Waals surface area contributed by atoms with E-state index in [9.17, 15) is 0 Å². The number of morpholine rings is 1. The van der Waals surface area contributed by atoms with E-state index in [-0.39, 0.29) is 6.10 Å². The lowest BCUT2D eigenvalue weighted by Crippen LogP contribution is -2.41. The number of halogens is 1. The molecule has 0 saturated carbocycles. The number of nitrogens with one attached hydrogen (secondary N) is 1. The summed E-state index contributed by atoms with van der Waals surface area (Å²) in [5.74, 6) is 0.578. The van der Waals surface area contributed by atoms with Crippen LogP contribution in [0.25, 0.3) is 21.5 Å². The van der Waals surface area contributed by atoms with Gasteiger partial charge in [-0.05, 0) is 24.3 Å². The quantitative estimate of drug-likeness (QED) is 0.772. The van der Waals surface area contributed by atoms with E-state index in [1.165, 1.54) is 0 Å². The molecule has 0 bridgehead atoms. The van der Waals surface area contributed by atoms with Crippen LogP contribution in [-0.2, 0) is 4.74 Å². The number of aromatic nitrogens is 2. The standard InChI is InChI=1S/C17H16ClN3O2S/c18-11-6-16(24-10-11)15-7-14-13(2-1-3-20-14)17(21-15)23-9-12-8-19-4-5-22-12/h1-3,6-7,10,12,19H,4-5,8-9H2/t12-/m0/s1. The maximum Gasteiger partial charge on any atom is 0.223 e. The van der Waals surface area contributed by atoms with Gasteiger partial charge in [0.1, 0.15) is 12.7 Å². The number of ether oxygens (including phenoxy) is 2. The molecule has 1 N–H and O–H groups in total. The molecule has 4 rings (SSSR count). The molecule has 1 atom stereocenters. The van der Waals surface area contributed by atoms with Gasteiger partial charge in [0.2, 0.25) is 5.88 Å². The number of hydrogen-bond acceptors (Lipinski definition) is 6. The van der Waals surface area contributed by atoms with Gasteiger partial charge in [-0.15, -0.1) is 11.3 Å². The second-order valence-electron chi connectivity index (χ2n) is 5.52. The van der Waals surface area contributed by atoms with Crippen molar-refractivity contribution in [2.24, 2.45) is 0 Å². The number of pyridine rings is 2. The Morgan fingerprint density at radius 1 is 1.42 bits per heavy atom. The summed E-state index contributed by atoms with van der Waals surface area (Å²) >= 11 is 7.60. The lowest BCUT2D eigenvalue weighted by atomic mass is 10.2. The highest BCUT2D eigenvalue weighted by Gasteiger charge is 2.16. The van der Waals surface area contributed by atoms with Crippen molar-refractivity contribution >= 4 is 33.8 Å². The highest BCUT2D eigenvalue weighted by molar-refractivity contribution is 7.14. The fourth-order valence-corrected chi connectivity index (χ4v) is 3.66. The summed E-state index contributed by atoms with van der Waals surface area (Å²) < 4.78 is 11.7. The number of rotatable bonds is 4. The van der Waals surface area contributed by atoms with Crippen molar-refractivity contribution in [1.82, 2.24) is 15.3 Å². The molecular weight excluding hydrogens is 346 g/mol. The van der Waals surface area contributed by atoms with Gasteiger partial charge >= 0.3 is 0 Å². The van der Waals surface area contributed by atoms with Crippen LogP contribution in [0.2, 0.25) is 5.02 Å². The van der Waals surface area contributed by atoms with E-state index in [1.54, 1.807) is 17.5 Å². The summed E-state index contributed by atoms with van der Waals surface area (Å²) in [5.41, 5.74) is 1.67. The highest BCUT2D eigenvalue weighted by atomic mass is 35.5. The molecular formula is C17H16ClN3O2S. The topological polar surface area (TPSA) is 56.3 Å². The summed E-state index contributed by atoms with van der Waals surface area (Å²) in [6.45, 7) is 2.84. The summed E-state index contributed by atoms with van der Waals surface area (Å²) in [4.78, 5) is 10.1. The van der Waals surface area contributed by atoms with Gasteiger partial charge in [-0.2, -0.15) is 0 Å². The van der Waals surface area contributed by atoms with Crippen molar-refractivity contribution in [3.8, 4) is 16.5 Å². The molecule has 0 radical (unpaired) electrons. The molecule has 1 aliphatic rings. The van der Waals surface area contributed by atoms with Gasteiger partial charge in [-0.25, -0.2) is 4.98 Å². The van der Waals surface area contributed by atoms with E-state index in [4.69, 9.17) is 21.1 Å². The van der Waals surface area contributed by atoms with Gasteiger partial charge in [0.25, 0.3) is 0 Å². The number of nitrogens with zero attached hydrogens (tertiary/aromatic N) is 2. The van der Waals surface area contributed by atoms with Crippen LogP contribution in [0.5, 0.6) is 5.88 Å². The van der Waals surface area contributed by atoms with E-state index in [1.807, 2.05) is 29.6 Å². The van der Waals surface area contributed by atoms with Gasteiger partial charge in [-0.1, -0.05) is 11.6 Å². The van der Waals surface area contributed by atoms with E-state index < -0.39 is 0 Å². The van der Waals surface area contributed by atoms with Gasteiger partial charge in [0.05, 0.1) is 33.1 Å². The maximum absolute atomic E-state index is 6.04. The monoisotopic (exact) mass is 361 g/mol. The summed E-state index contributed by atoms with van der Waals surface area (Å²) in [5, 5.41) is 6.80. The highest BCUT2D eigenvalue weighted by Crippen LogP contribution is 2.33. The van der Waals surface area contributed by atoms with Crippen molar-refractivity contribution in [3.63, 3.8) is 0 Å². The Morgan fingerprint density at radius 2 is 2.38 bits per heavy atom. The third kappa shape index (κ3) is 3.37. The van der Waals surface area contributed by atoms with Crippen LogP contribution in [0.15, 0.2) is 35.8 Å². The van der Waals surface area contributed by atoms with Crippen molar-refractivity contribution < 1.29 is 9.47 Å². The minimum Gasteiger partial charge on any atom is -0.474 e. The zero-order valence-corrected chi connectivity index (χ0v) is 14.4. The maximum atomic E-state index is 6.04. The third-order valence-corrected chi connectivity index (χ3v) is 5.09. The number of thiophene rings is 1. The lowest BCUT2D eigenvalue weighted by molar-refractivity contribution is -0.000365. The van der Waals surface area contributed by atoms with Crippen LogP contribution in [0.3, 0.4) is 0 Å². The molecule has 0 spiro atoms. The summed E-state index contributed by atoms with van der Waals surface area (Å²) in [7, 11) is 0. The smallest absolute Gasteiger partial charge is 0.223 e. The van der Waals surface area contributed by atoms with Crippen LogP contribution in [0.1, 0.15) is 0 Å². The Labute approximate surface area is 148 Å². The first-order valence-electron chi connectivity index (χ1n) is 7.75. The summed E-state index contributed by atoms with van der Waals surface area (Å²) in [6.07, 6.45) is 1.80. The first-order valence-corrected chi connectivity index (χ1v) is 9.00. The number of fused-ring (bicyclic) bond motifs is 1. The molecule has 1 aliphatic heterocycles. The second-order valence-corrected chi connectivity index (χ2v) is 6.87. The molecule has 124 valence electrons. The van der Waals surface area contributed by atoms with E-state index >= 15 is 0 Å². The van der Waals surface area contributed by atoms with E-state index in [0.29, 0.717) is 24.1 Å². The first-order chi connectivity index (χ1) is 11.8. The molecule has 7 heteroatoms. The molecule has 3 aromatic rings. The average molecular weight is 362 g/mol. The van der Waals surface area contributed by atoms with Crippen LogP contribution in [0.4, 0.5) is 0 Å². The Morgan fingerprint density at radius 3 is 3.17 bits per heavy atom. The van der Waals surface area contributed by atoms with Crippen molar-refractivity contribution in [2.45, 2.75) is 6.10 Å². The number of hydrogen-bond donors (Lipinski definition) is 1. The molecule has 3 aromatic heterocycles. The van der Waals surface area contributed by atoms with Crippen molar-refractivity contribution in [3.05, 3.63) is 40.9 Å². The van der Waals surface area contributed by atoms with Gasteiger partial charge in [-0.3, -0.25) is 4.98 Å². The molecule has 0 amide bonds. The molecule has 0 aliphatic carbocycles. The van der Waals surface area contributed by atoms with Crippen molar-refractivity contribution in [2.75, 3.05) is 26.3 Å². The molecule has 4 heterocycles. The molecule has 0 aromatic carbocycles. The summed E-state index contributed by atoms with van der Waals surface area (Å²) in [6, 6.07) is 7.72. The molecule has 0 unspecified atom stereocenters. The normalized spacial score (nSPS) is 18.0. The predicted octanol–water partition coefficient (Wildman–Crippen LogP) is 3.38. The minimum absolute atomic E-state index is 0.0344. The van der Waals surface area contributed by atoms with Crippen LogP contribution in [-0.4, -0.2) is 42.4 Å². The van der Waals surface area contributed by atoms with Gasteiger partial charge in [0.15, 0.2) is 0 Å². The van der Waals surface area contributed by atoms with Crippen LogP contribution in [0, 0.1) is 0 Å². The molecule has 1 fully saturated rings. The Hall–Kier alpha value is -1.73. The van der Waals surface area contributed by atoms with Crippen molar-refractivity contribution in [1.29, 1.82) is 0 Å². The van der Waals surface area contributed by atoms with Gasteiger partial charge in [0, 0.05) is 24.7 Å². The first kappa shape index (κ1) is 15.8. The van der Waals surface area contributed by atoms with E-state index in [2.05, 4.69) is 15.3 Å². The van der Waals surface area contributed by atoms with Gasteiger partial charge < -0.3 is 14.8 Å². The second kappa shape index (κ2) is 7.03. The average Bonchev–Trinajstić information content (AvgIpc) is 3.07. The van der Waals surface area contributed by atoms with Crippen LogP contribution < -0.4 is 10.1 Å². The zero-order chi connectivity index (χ0) is 16.4. The molecule has 1 saturated heterocycles. The Balaban J connectivity index is 1.66. The fraction of sp³-hybridized carbons (Fsp3) is 0.294. The SMILES string of the molecule is Clc1csc(-c2cc3ncccc3c(OC[C@@H]3CNCCO3)n2)c1. The zero-order valence-electron chi connectivity index (χ0n) is 12.9. The van der Waals surface area contributed by atoms with E-state index in [0.717, 1.165) is 34.6 Å². The molecule has 5 nitrogen and oxygen atoms in total. The van der Waals surface area contributed by atoms with Crippen LogP contribution >= 0.6 is 22.9 Å². The fourth-order valence-electron chi connectivity index (χ4n) is 2.63. The predicted molar refractivity (Wildman–Crippen MR) is 96.0 cm³/mol. The Kier molecular flexibility index (Phi) is 4.62. The lowest BCUT2D eigenvalue weighted by Gasteiger charge is -2.23. The molecule has 24 heavy (non-hydrogen) atoms. The Bertz CT molecular complexity index is 849. The third-order valence-electron chi connectivity index (χ3n) is 3.79. The largest absolute Gasteiger partial charge is 0.474 e. The minimum atomic E-state index is 0.0344.